The van der Waals surface area contributed by atoms with Crippen LogP contribution >= 0.6 is 0 Å². The van der Waals surface area contributed by atoms with Gasteiger partial charge in [-0.15, -0.1) is 0 Å². The first-order valence-electron chi connectivity index (χ1n) is 38.5. The van der Waals surface area contributed by atoms with E-state index in [1.807, 2.05) is 6.08 Å². The summed E-state index contributed by atoms with van der Waals surface area (Å²) in [4.78, 5) is 25.1. The normalized spacial score (nSPS) is 17.8. The van der Waals surface area contributed by atoms with E-state index in [-0.39, 0.29) is 18.5 Å². The van der Waals surface area contributed by atoms with Crippen LogP contribution in [0.2, 0.25) is 0 Å². The van der Waals surface area contributed by atoms with Crippen LogP contribution in [0.3, 0.4) is 0 Å². The zero-order valence-corrected chi connectivity index (χ0v) is 57.5. The third-order valence-electron chi connectivity index (χ3n) is 18.7. The number of allylic oxidation sites excluding steroid dienone is 1. The molecule has 1 heterocycles. The van der Waals surface area contributed by atoms with Crippen LogP contribution in [0, 0.1) is 0 Å². The lowest BCUT2D eigenvalue weighted by molar-refractivity contribution is -0.302. The molecule has 1 amide bonds. The number of unbranched alkanes of at least 4 members (excludes halogenated alkanes) is 55. The number of nitrogens with one attached hydrogen (secondary N) is 1. The Hall–Kier alpha value is -1.60. The van der Waals surface area contributed by atoms with Gasteiger partial charge < -0.3 is 45.1 Å². The maximum absolute atomic E-state index is 13.1. The topological polar surface area (TPSA) is 175 Å². The van der Waals surface area contributed by atoms with Gasteiger partial charge >= 0.3 is 5.97 Å². The molecule has 7 unspecified atom stereocenters. The Kier molecular flexibility index (Phi) is 63.2. The van der Waals surface area contributed by atoms with Gasteiger partial charge in [0, 0.05) is 12.8 Å². The standard InChI is InChI=1S/C76H147NO10/c1-3-5-7-9-11-13-15-16-36-39-43-46-50-54-58-62-69(79)68(67-86-76-75(84)74(83)73(82)70(66-78)87-76)77-71(80)63-59-55-51-47-44-40-37-34-32-30-28-26-24-22-20-18-17-19-21-23-25-27-29-31-33-35-38-41-45-49-53-57-61-65-85-72(81)64-60-56-52-48-42-14-12-10-8-6-4-2/h58,62,68-70,73-76,78-79,82-84H,3-57,59-61,63-67H2,1-2H3,(H,77,80)/b62-58+. The number of ether oxygens (including phenoxy) is 3. The van der Waals surface area contributed by atoms with Crippen LogP contribution in [0.4, 0.5) is 0 Å². The molecule has 7 atom stereocenters. The smallest absolute Gasteiger partial charge is 0.305 e. The van der Waals surface area contributed by atoms with E-state index in [0.29, 0.717) is 19.4 Å². The molecular weight excluding hydrogens is 1090 g/mol. The third-order valence-corrected chi connectivity index (χ3v) is 18.7. The second-order valence-electron chi connectivity index (χ2n) is 27.1. The van der Waals surface area contributed by atoms with E-state index in [0.717, 1.165) is 51.4 Å². The Balaban J connectivity index is 1.94. The lowest BCUT2D eigenvalue weighted by Crippen LogP contribution is -2.60. The van der Waals surface area contributed by atoms with Gasteiger partial charge in [0.2, 0.25) is 5.91 Å². The van der Waals surface area contributed by atoms with Gasteiger partial charge in [-0.1, -0.05) is 366 Å². The quantitative estimate of drug-likeness (QED) is 0.0195. The van der Waals surface area contributed by atoms with Crippen molar-refractivity contribution in [3.63, 3.8) is 0 Å². The van der Waals surface area contributed by atoms with Crippen molar-refractivity contribution in [2.75, 3.05) is 19.8 Å². The molecule has 0 bridgehead atoms. The molecule has 0 saturated carbocycles. The molecule has 0 aromatic heterocycles. The number of rotatable bonds is 69. The van der Waals surface area contributed by atoms with Crippen LogP contribution in [0.15, 0.2) is 12.2 Å². The highest BCUT2D eigenvalue weighted by atomic mass is 16.7. The zero-order valence-electron chi connectivity index (χ0n) is 57.5. The van der Waals surface area contributed by atoms with Gasteiger partial charge in [-0.2, -0.15) is 0 Å². The largest absolute Gasteiger partial charge is 0.466 e. The van der Waals surface area contributed by atoms with E-state index in [2.05, 4.69) is 19.2 Å². The summed E-state index contributed by atoms with van der Waals surface area (Å²) >= 11 is 0. The molecule has 1 rings (SSSR count). The number of aliphatic hydroxyl groups excluding tert-OH is 5. The summed E-state index contributed by atoms with van der Waals surface area (Å²) < 4.78 is 16.8. The van der Waals surface area contributed by atoms with Crippen LogP contribution in [0.25, 0.3) is 0 Å². The Bertz CT molecular complexity index is 1450. The second-order valence-corrected chi connectivity index (χ2v) is 27.1. The maximum Gasteiger partial charge on any atom is 0.305 e. The van der Waals surface area contributed by atoms with E-state index < -0.39 is 49.5 Å². The minimum absolute atomic E-state index is 0.0151. The van der Waals surface area contributed by atoms with Crippen LogP contribution in [-0.2, 0) is 23.8 Å². The first-order chi connectivity index (χ1) is 42.7. The van der Waals surface area contributed by atoms with E-state index >= 15 is 0 Å². The predicted octanol–water partition coefficient (Wildman–Crippen LogP) is 20.2. The number of carbonyl (C=O) groups excluding carboxylic acids is 2. The molecule has 0 aromatic carbocycles. The molecule has 1 fully saturated rings. The van der Waals surface area contributed by atoms with Crippen LogP contribution in [0.5, 0.6) is 0 Å². The number of carbonyl (C=O) groups is 2. The fourth-order valence-corrected chi connectivity index (χ4v) is 12.6. The molecule has 0 aromatic rings. The number of esters is 1. The number of amides is 1. The van der Waals surface area contributed by atoms with Crippen LogP contribution in [-0.4, -0.2) is 100 Å². The minimum Gasteiger partial charge on any atom is -0.466 e. The molecule has 11 heteroatoms. The number of aliphatic hydroxyl groups is 5. The van der Waals surface area contributed by atoms with Gasteiger partial charge in [-0.25, -0.2) is 0 Å². The summed E-state index contributed by atoms with van der Waals surface area (Å²) in [6.45, 7) is 4.40. The summed E-state index contributed by atoms with van der Waals surface area (Å²) in [6, 6.07) is -0.806. The van der Waals surface area contributed by atoms with Gasteiger partial charge in [0.05, 0.1) is 32.0 Å². The van der Waals surface area contributed by atoms with Crippen molar-refractivity contribution in [1.29, 1.82) is 0 Å². The Morgan fingerprint density at radius 1 is 0.414 bits per heavy atom. The number of hydrogen-bond donors (Lipinski definition) is 6. The summed E-state index contributed by atoms with van der Waals surface area (Å²) in [5.74, 6) is -0.158. The van der Waals surface area contributed by atoms with Gasteiger partial charge in [-0.05, 0) is 32.1 Å². The van der Waals surface area contributed by atoms with E-state index in [4.69, 9.17) is 14.2 Å². The molecule has 0 spiro atoms. The Morgan fingerprint density at radius 3 is 1.07 bits per heavy atom. The summed E-state index contributed by atoms with van der Waals surface area (Å²) in [6.07, 6.45) is 72.2. The predicted molar refractivity (Wildman–Crippen MR) is 366 cm³/mol. The highest BCUT2D eigenvalue weighted by molar-refractivity contribution is 5.76. The first-order valence-corrected chi connectivity index (χ1v) is 38.5. The van der Waals surface area contributed by atoms with Gasteiger partial charge in [-0.3, -0.25) is 9.59 Å². The first kappa shape index (κ1) is 83.4. The molecule has 1 aliphatic heterocycles. The third kappa shape index (κ3) is 54.7. The van der Waals surface area contributed by atoms with Crippen molar-refractivity contribution in [3.05, 3.63) is 12.2 Å². The zero-order chi connectivity index (χ0) is 63.0. The van der Waals surface area contributed by atoms with Crippen molar-refractivity contribution < 1.29 is 49.3 Å². The van der Waals surface area contributed by atoms with Gasteiger partial charge in [0.15, 0.2) is 6.29 Å². The fourth-order valence-electron chi connectivity index (χ4n) is 12.6. The van der Waals surface area contributed by atoms with E-state index in [9.17, 15) is 35.1 Å². The monoisotopic (exact) mass is 1230 g/mol. The van der Waals surface area contributed by atoms with E-state index in [1.165, 1.54) is 321 Å². The van der Waals surface area contributed by atoms with Crippen molar-refractivity contribution >= 4 is 11.9 Å². The minimum atomic E-state index is -1.57. The molecular formula is C76H147NO10. The summed E-state index contributed by atoms with van der Waals surface area (Å²) in [7, 11) is 0. The van der Waals surface area contributed by atoms with Crippen molar-refractivity contribution in [3.8, 4) is 0 Å². The lowest BCUT2D eigenvalue weighted by Gasteiger charge is -2.40. The van der Waals surface area contributed by atoms with Crippen LogP contribution in [0.1, 0.15) is 399 Å². The second kappa shape index (κ2) is 65.9. The summed E-state index contributed by atoms with van der Waals surface area (Å²) in [5, 5.41) is 54.6. The molecule has 87 heavy (non-hydrogen) atoms. The van der Waals surface area contributed by atoms with Crippen molar-refractivity contribution in [1.82, 2.24) is 5.32 Å². The SMILES string of the molecule is CCCCCCCCCCCCCCC/C=C/C(O)C(COC1OC(CO)C(O)C(O)C1O)NC(=O)CCCCCCCCCCCCCCCCCCCCCCCCCCCCCCCCCCCOC(=O)CCCCCCCCCCCCC. The highest BCUT2D eigenvalue weighted by Gasteiger charge is 2.44. The number of hydrogen-bond acceptors (Lipinski definition) is 10. The van der Waals surface area contributed by atoms with Crippen molar-refractivity contribution in [2.45, 2.75) is 442 Å². The Labute approximate surface area is 538 Å². The molecule has 0 aliphatic carbocycles. The van der Waals surface area contributed by atoms with E-state index in [1.54, 1.807) is 6.08 Å². The molecule has 1 saturated heterocycles. The molecule has 11 nitrogen and oxygen atoms in total. The van der Waals surface area contributed by atoms with Gasteiger partial charge in [0.1, 0.15) is 24.4 Å². The molecule has 0 radical (unpaired) electrons. The van der Waals surface area contributed by atoms with Gasteiger partial charge in [0.25, 0.3) is 0 Å². The lowest BCUT2D eigenvalue weighted by atomic mass is 9.99. The fraction of sp³-hybridized carbons (Fsp3) is 0.947. The van der Waals surface area contributed by atoms with Crippen LogP contribution < -0.4 is 5.32 Å². The molecule has 516 valence electrons. The highest BCUT2D eigenvalue weighted by Crippen LogP contribution is 2.24. The average molecular weight is 1240 g/mol. The maximum atomic E-state index is 13.1. The average Bonchev–Trinajstić information content (AvgIpc) is 3.16. The Morgan fingerprint density at radius 2 is 0.724 bits per heavy atom. The summed E-state index contributed by atoms with van der Waals surface area (Å²) in [5.41, 5.74) is 0. The van der Waals surface area contributed by atoms with Crippen molar-refractivity contribution in [2.24, 2.45) is 0 Å². The molecule has 6 N–H and O–H groups in total. The molecule has 1 aliphatic rings.